The van der Waals surface area contributed by atoms with Gasteiger partial charge in [-0.2, -0.15) is 0 Å². The monoisotopic (exact) mass is 875 g/mol. The molecule has 0 bridgehead atoms. The Balaban J connectivity index is 0.00000420. The number of carbonyl (C=O) groups excluding carboxylic acids is 4. The number of carbonyl (C=O) groups is 4. The van der Waals surface area contributed by atoms with Crippen LogP contribution in [0.15, 0.2) is 76.0 Å². The Morgan fingerprint density at radius 1 is 0.857 bits per heavy atom. The Morgan fingerprint density at radius 2 is 1.41 bits per heavy atom. The Labute approximate surface area is 353 Å². The van der Waals surface area contributed by atoms with Crippen LogP contribution in [0.5, 0.6) is 0 Å². The molecule has 0 aromatic heterocycles. The van der Waals surface area contributed by atoms with Crippen molar-refractivity contribution in [3.63, 3.8) is 0 Å². The lowest BCUT2D eigenvalue weighted by molar-refractivity contribution is -0.886. The van der Waals surface area contributed by atoms with Crippen LogP contribution in [0.2, 0.25) is 10.0 Å². The van der Waals surface area contributed by atoms with Crippen molar-refractivity contribution < 1.29 is 42.1 Å². The maximum absolute atomic E-state index is 15.1. The molecule has 2 unspecified atom stereocenters. The number of ether oxygens (including phenoxy) is 3. The largest absolute Gasteiger partial charge is 0.466 e. The Kier molecular flexibility index (Phi) is 17.3. The maximum atomic E-state index is 15.1. The summed E-state index contributed by atoms with van der Waals surface area (Å²) in [7, 11) is 0.770. The van der Waals surface area contributed by atoms with Gasteiger partial charge in [0.2, 0.25) is 0 Å². The standard InChI is InChI=1S/C39H48Cl2N4O8S.2ClH/c1-39(2,3)53-38(49)43-44-19-21-45(22-20-44,25-13-8-6-9-14-25)31(46)23-29-33(36(47)51-4)35(32-27(40)17-12-18-28(32)41)34(37(48)52-5)30(42-29)24-54(50)26-15-10-7-11-16-26;;/h7,10-12,15-18,25,35H,6,8-9,13-14,19-24H2,1-5H3,(H-,42,43,47,48,49);2*1H/p+1. The van der Waals surface area contributed by atoms with E-state index in [4.69, 9.17) is 37.4 Å². The Bertz CT molecular complexity index is 1820. The van der Waals surface area contributed by atoms with Crippen LogP contribution in [0, 0.1) is 0 Å². The molecular formula is C39H51Cl4N4O8S+. The van der Waals surface area contributed by atoms with Gasteiger partial charge in [0.05, 0.1) is 67.0 Å². The number of rotatable bonds is 10. The van der Waals surface area contributed by atoms with Crippen molar-refractivity contribution in [1.29, 1.82) is 0 Å². The molecule has 2 fully saturated rings. The number of dihydropyridines is 1. The molecule has 2 amide bonds. The van der Waals surface area contributed by atoms with E-state index in [0.717, 1.165) is 32.1 Å². The third kappa shape index (κ3) is 10.9. The van der Waals surface area contributed by atoms with Crippen molar-refractivity contribution in [3.8, 4) is 0 Å². The first-order chi connectivity index (χ1) is 25.7. The molecule has 1 aliphatic carbocycles. The SMILES string of the molecule is COC(=O)C1=C(CC(=O)[N+]2(C3CCCCC3)CCN(NC(=O)OC(C)(C)C)CC2)NC(CS(=O)c2ccccc2)=C(C(=O)OC)C1c1c(Cl)cccc1Cl.Cl.Cl. The number of nitrogens with one attached hydrogen (secondary N) is 2. The average molecular weight is 878 g/mol. The Hall–Kier alpha value is -3.17. The van der Waals surface area contributed by atoms with Gasteiger partial charge in [-0.05, 0) is 70.7 Å². The first-order valence-electron chi connectivity index (χ1n) is 18.1. The minimum absolute atomic E-state index is 0. The van der Waals surface area contributed by atoms with Crippen molar-refractivity contribution in [2.75, 3.05) is 46.2 Å². The minimum Gasteiger partial charge on any atom is -0.466 e. The molecular weight excluding hydrogens is 826 g/mol. The number of hydrogen-bond acceptors (Lipinski definition) is 10. The van der Waals surface area contributed by atoms with E-state index in [1.165, 1.54) is 14.2 Å². The highest BCUT2D eigenvalue weighted by Crippen LogP contribution is 2.46. The van der Waals surface area contributed by atoms with E-state index in [9.17, 15) is 18.6 Å². The number of halogens is 4. The van der Waals surface area contributed by atoms with Crippen molar-refractivity contribution in [2.45, 2.75) is 81.8 Å². The summed E-state index contributed by atoms with van der Waals surface area (Å²) in [5.41, 5.74) is 2.75. The van der Waals surface area contributed by atoms with Gasteiger partial charge in [0.25, 0.3) is 0 Å². The molecule has 2 aromatic carbocycles. The number of methoxy groups -OCH3 is 2. The third-order valence-corrected chi connectivity index (χ3v) is 12.2. The van der Waals surface area contributed by atoms with Gasteiger partial charge in [0, 0.05) is 31.9 Å². The number of quaternary nitrogens is 1. The summed E-state index contributed by atoms with van der Waals surface area (Å²) in [5, 5.41) is 5.35. The lowest BCUT2D eigenvalue weighted by atomic mass is 9.79. The number of amides is 2. The predicted octanol–water partition coefficient (Wildman–Crippen LogP) is 7.01. The number of hydrazine groups is 1. The van der Waals surface area contributed by atoms with E-state index in [-0.39, 0.29) is 91.6 Å². The number of piperazine rings is 1. The van der Waals surface area contributed by atoms with Gasteiger partial charge < -0.3 is 19.5 Å². The maximum Gasteiger partial charge on any atom is 0.422 e. The first-order valence-corrected chi connectivity index (χ1v) is 20.2. The van der Waals surface area contributed by atoms with Crippen LogP contribution in [0.25, 0.3) is 0 Å². The van der Waals surface area contributed by atoms with Crippen LogP contribution in [-0.2, 0) is 39.4 Å². The van der Waals surface area contributed by atoms with Crippen LogP contribution in [-0.4, -0.2) is 95.4 Å². The summed E-state index contributed by atoms with van der Waals surface area (Å²) in [4.78, 5) is 55.9. The molecule has 1 saturated heterocycles. The molecule has 0 spiro atoms. The lowest BCUT2D eigenvalue weighted by Crippen LogP contribution is -2.69. The van der Waals surface area contributed by atoms with Crippen molar-refractivity contribution in [3.05, 3.63) is 86.7 Å². The fourth-order valence-electron chi connectivity index (χ4n) is 7.69. The minimum atomic E-state index is -1.66. The summed E-state index contributed by atoms with van der Waals surface area (Å²) < 4.78 is 30.0. The number of esters is 2. The smallest absolute Gasteiger partial charge is 0.422 e. The normalized spacial score (nSPS) is 19.4. The molecule has 2 aliphatic heterocycles. The van der Waals surface area contributed by atoms with Crippen LogP contribution in [0.1, 0.15) is 70.8 Å². The van der Waals surface area contributed by atoms with Crippen molar-refractivity contribution in [2.24, 2.45) is 0 Å². The molecule has 2 N–H and O–H groups in total. The van der Waals surface area contributed by atoms with Gasteiger partial charge >= 0.3 is 23.9 Å². The van der Waals surface area contributed by atoms with Gasteiger partial charge in [-0.15, -0.1) is 24.8 Å². The molecule has 2 atom stereocenters. The highest BCUT2D eigenvalue weighted by atomic mass is 35.5. The second-order valence-corrected chi connectivity index (χ2v) is 17.0. The van der Waals surface area contributed by atoms with Gasteiger partial charge in [-0.1, -0.05) is 53.9 Å². The van der Waals surface area contributed by atoms with E-state index in [0.29, 0.717) is 31.1 Å². The van der Waals surface area contributed by atoms with E-state index >= 15 is 4.79 Å². The Morgan fingerprint density at radius 3 is 1.95 bits per heavy atom. The van der Waals surface area contributed by atoms with Crippen LogP contribution < -0.4 is 10.7 Å². The van der Waals surface area contributed by atoms with E-state index in [1.807, 2.05) is 6.07 Å². The zero-order chi connectivity index (χ0) is 39.2. The highest BCUT2D eigenvalue weighted by Gasteiger charge is 2.49. The van der Waals surface area contributed by atoms with E-state index < -0.39 is 40.4 Å². The quantitative estimate of drug-likeness (QED) is 0.146. The summed E-state index contributed by atoms with van der Waals surface area (Å²) in [6.45, 7) is 6.98. The zero-order valence-corrected chi connectivity index (χ0v) is 36.2. The third-order valence-electron chi connectivity index (χ3n) is 10.2. The summed E-state index contributed by atoms with van der Waals surface area (Å²) in [6, 6.07) is 13.6. The predicted molar refractivity (Wildman–Crippen MR) is 220 cm³/mol. The fraction of sp³-hybridized carbons (Fsp3) is 0.487. The molecule has 3 aliphatic rings. The first kappa shape index (κ1) is 47.2. The molecule has 1 saturated carbocycles. The number of benzene rings is 2. The van der Waals surface area contributed by atoms with Crippen LogP contribution in [0.3, 0.4) is 0 Å². The number of hydrogen-bond donors (Lipinski definition) is 2. The molecule has 2 aromatic rings. The highest BCUT2D eigenvalue weighted by molar-refractivity contribution is 7.85. The summed E-state index contributed by atoms with van der Waals surface area (Å²) >= 11 is 13.6. The summed E-state index contributed by atoms with van der Waals surface area (Å²) in [6.07, 6.45) is 3.96. The second-order valence-electron chi connectivity index (χ2n) is 14.7. The van der Waals surface area contributed by atoms with E-state index in [1.54, 1.807) is 68.2 Å². The number of nitrogens with zero attached hydrogens (tertiary/aromatic N) is 2. The molecule has 12 nitrogen and oxygen atoms in total. The fourth-order valence-corrected chi connectivity index (χ4v) is 9.43. The van der Waals surface area contributed by atoms with E-state index in [2.05, 4.69) is 10.7 Å². The van der Waals surface area contributed by atoms with Gasteiger partial charge in [0.15, 0.2) is 0 Å². The average Bonchev–Trinajstić information content (AvgIpc) is 3.14. The molecule has 308 valence electrons. The molecule has 17 heteroatoms. The van der Waals surface area contributed by atoms with Gasteiger partial charge in [-0.3, -0.25) is 14.1 Å². The van der Waals surface area contributed by atoms with Gasteiger partial charge in [0.1, 0.15) is 25.1 Å². The lowest BCUT2D eigenvalue weighted by Gasteiger charge is -2.48. The molecule has 5 rings (SSSR count). The summed E-state index contributed by atoms with van der Waals surface area (Å²) in [5.74, 6) is -3.14. The zero-order valence-electron chi connectivity index (χ0n) is 32.2. The van der Waals surface area contributed by atoms with Crippen LogP contribution >= 0.6 is 48.0 Å². The van der Waals surface area contributed by atoms with Gasteiger partial charge in [-0.25, -0.2) is 24.2 Å². The second kappa shape index (κ2) is 20.5. The molecule has 2 heterocycles. The van der Waals surface area contributed by atoms with Crippen molar-refractivity contribution in [1.82, 2.24) is 15.8 Å². The van der Waals surface area contributed by atoms with Crippen LogP contribution in [0.4, 0.5) is 4.79 Å². The topological polar surface area (TPSA) is 140 Å². The molecule has 0 radical (unpaired) electrons. The molecule has 56 heavy (non-hydrogen) atoms. The van der Waals surface area contributed by atoms with Crippen molar-refractivity contribution >= 4 is 82.8 Å².